The number of carbonyl (C=O) groups is 1. The lowest BCUT2D eigenvalue weighted by atomic mass is 10.0. The van der Waals surface area contributed by atoms with E-state index in [9.17, 15) is 4.79 Å². The summed E-state index contributed by atoms with van der Waals surface area (Å²) in [5, 5.41) is 8.88. The van der Waals surface area contributed by atoms with Crippen LogP contribution in [0.3, 0.4) is 0 Å². The number of amides is 1. The molecule has 2 N–H and O–H groups in total. The van der Waals surface area contributed by atoms with Gasteiger partial charge in [0.25, 0.3) is 0 Å². The Morgan fingerprint density at radius 3 is 2.38 bits per heavy atom. The molecule has 3 nitrogen and oxygen atoms in total. The van der Waals surface area contributed by atoms with E-state index in [1.165, 1.54) is 16.3 Å². The number of benzene rings is 3. The lowest BCUT2D eigenvalue weighted by molar-refractivity contribution is -0.117. The molecule has 3 aromatic rings. The van der Waals surface area contributed by atoms with Crippen molar-refractivity contribution in [3.63, 3.8) is 0 Å². The molecular formula is C23H26N2O. The normalized spacial score (nSPS) is 13.4. The molecule has 26 heavy (non-hydrogen) atoms. The molecule has 0 bridgehead atoms. The first kappa shape index (κ1) is 18.2. The third kappa shape index (κ3) is 4.12. The van der Waals surface area contributed by atoms with E-state index in [0.29, 0.717) is 0 Å². The highest BCUT2D eigenvalue weighted by molar-refractivity contribution is 5.95. The van der Waals surface area contributed by atoms with Crippen LogP contribution in [0.25, 0.3) is 10.8 Å². The van der Waals surface area contributed by atoms with Crippen LogP contribution in [0.1, 0.15) is 36.6 Å². The van der Waals surface area contributed by atoms with Crippen molar-refractivity contribution in [3.8, 4) is 0 Å². The van der Waals surface area contributed by atoms with Crippen molar-refractivity contribution >= 4 is 22.4 Å². The fourth-order valence-corrected chi connectivity index (χ4v) is 3.14. The van der Waals surface area contributed by atoms with Gasteiger partial charge in [0.05, 0.1) is 6.04 Å². The maximum atomic E-state index is 12.6. The van der Waals surface area contributed by atoms with Gasteiger partial charge in [-0.05, 0) is 67.3 Å². The molecule has 0 spiro atoms. The van der Waals surface area contributed by atoms with E-state index < -0.39 is 0 Å². The Balaban J connectivity index is 1.68. The summed E-state index contributed by atoms with van der Waals surface area (Å²) in [4.78, 5) is 12.6. The van der Waals surface area contributed by atoms with Crippen molar-refractivity contribution in [1.82, 2.24) is 5.32 Å². The van der Waals surface area contributed by atoms with Gasteiger partial charge < -0.3 is 5.32 Å². The molecule has 0 aliphatic heterocycles. The number of hydrogen-bond donors (Lipinski definition) is 2. The molecule has 0 unspecified atom stereocenters. The first-order valence-electron chi connectivity index (χ1n) is 9.07. The Labute approximate surface area is 155 Å². The van der Waals surface area contributed by atoms with Gasteiger partial charge >= 0.3 is 0 Å². The van der Waals surface area contributed by atoms with Crippen molar-refractivity contribution in [3.05, 3.63) is 77.4 Å². The van der Waals surface area contributed by atoms with E-state index in [-0.39, 0.29) is 18.0 Å². The number of anilines is 1. The SMILES string of the molecule is Cc1ccc(C)c(NC(=O)[C@@H](C)N[C@@H](C)c2ccc3ccccc3c2)c1. The first-order valence-corrected chi connectivity index (χ1v) is 9.07. The predicted molar refractivity (Wildman–Crippen MR) is 110 cm³/mol. The van der Waals surface area contributed by atoms with Crippen molar-refractivity contribution < 1.29 is 4.79 Å². The van der Waals surface area contributed by atoms with E-state index in [1.807, 2.05) is 45.0 Å². The minimum atomic E-state index is -0.295. The summed E-state index contributed by atoms with van der Waals surface area (Å²) in [5.41, 5.74) is 4.26. The second-order valence-corrected chi connectivity index (χ2v) is 7.02. The Hall–Kier alpha value is -2.65. The van der Waals surface area contributed by atoms with Gasteiger partial charge in [-0.2, -0.15) is 0 Å². The third-order valence-electron chi connectivity index (χ3n) is 4.82. The van der Waals surface area contributed by atoms with Crippen molar-refractivity contribution in [2.45, 2.75) is 39.8 Å². The monoisotopic (exact) mass is 346 g/mol. The third-order valence-corrected chi connectivity index (χ3v) is 4.82. The zero-order valence-corrected chi connectivity index (χ0v) is 15.8. The average Bonchev–Trinajstić information content (AvgIpc) is 2.64. The molecule has 134 valence electrons. The van der Waals surface area contributed by atoms with E-state index >= 15 is 0 Å². The van der Waals surface area contributed by atoms with Crippen LogP contribution in [0.4, 0.5) is 5.69 Å². The minimum absolute atomic E-state index is 0.0219. The van der Waals surface area contributed by atoms with Crippen LogP contribution in [-0.4, -0.2) is 11.9 Å². The molecule has 0 fully saturated rings. The van der Waals surface area contributed by atoms with E-state index in [1.54, 1.807) is 0 Å². The number of rotatable bonds is 5. The van der Waals surface area contributed by atoms with Gasteiger partial charge in [-0.25, -0.2) is 0 Å². The molecule has 0 heterocycles. The minimum Gasteiger partial charge on any atom is -0.324 e. The molecule has 0 saturated heterocycles. The summed E-state index contributed by atoms with van der Waals surface area (Å²) in [6, 6.07) is 20.6. The fourth-order valence-electron chi connectivity index (χ4n) is 3.14. The van der Waals surface area contributed by atoms with Crippen LogP contribution < -0.4 is 10.6 Å². The van der Waals surface area contributed by atoms with Crippen LogP contribution >= 0.6 is 0 Å². The summed E-state index contributed by atoms with van der Waals surface area (Å²) >= 11 is 0. The molecule has 2 atom stereocenters. The number of carbonyl (C=O) groups excluding carboxylic acids is 1. The molecule has 3 aromatic carbocycles. The van der Waals surface area contributed by atoms with Gasteiger partial charge in [-0.3, -0.25) is 10.1 Å². The summed E-state index contributed by atoms with van der Waals surface area (Å²) in [7, 11) is 0. The molecular weight excluding hydrogens is 320 g/mol. The highest BCUT2D eigenvalue weighted by Crippen LogP contribution is 2.21. The highest BCUT2D eigenvalue weighted by atomic mass is 16.2. The number of fused-ring (bicyclic) bond motifs is 1. The number of nitrogens with one attached hydrogen (secondary N) is 2. The summed E-state index contributed by atoms with van der Waals surface area (Å²) in [6.45, 7) is 8.02. The van der Waals surface area contributed by atoms with Gasteiger partial charge in [-0.1, -0.05) is 48.5 Å². The quantitative estimate of drug-likeness (QED) is 0.672. The lowest BCUT2D eigenvalue weighted by Gasteiger charge is -2.21. The molecule has 0 aliphatic rings. The number of hydrogen-bond acceptors (Lipinski definition) is 2. The fraction of sp³-hybridized carbons (Fsp3) is 0.261. The maximum absolute atomic E-state index is 12.6. The molecule has 0 aromatic heterocycles. The maximum Gasteiger partial charge on any atom is 0.241 e. The zero-order chi connectivity index (χ0) is 18.7. The zero-order valence-electron chi connectivity index (χ0n) is 15.8. The molecule has 0 saturated carbocycles. The Morgan fingerprint density at radius 1 is 0.885 bits per heavy atom. The standard InChI is InChI=1S/C23H26N2O/c1-15-9-10-16(2)22(13-15)25-23(26)18(4)24-17(3)20-12-11-19-7-5-6-8-21(19)14-20/h5-14,17-18,24H,1-4H3,(H,25,26)/t17-,18+/m0/s1. The average molecular weight is 346 g/mol. The van der Waals surface area contributed by atoms with Gasteiger partial charge in [0.2, 0.25) is 5.91 Å². The smallest absolute Gasteiger partial charge is 0.241 e. The van der Waals surface area contributed by atoms with E-state index in [0.717, 1.165) is 16.8 Å². The number of aryl methyl sites for hydroxylation is 2. The Morgan fingerprint density at radius 2 is 1.62 bits per heavy atom. The molecule has 1 amide bonds. The largest absolute Gasteiger partial charge is 0.324 e. The van der Waals surface area contributed by atoms with Crippen molar-refractivity contribution in [1.29, 1.82) is 0 Å². The summed E-state index contributed by atoms with van der Waals surface area (Å²) in [6.07, 6.45) is 0. The van der Waals surface area contributed by atoms with Crippen molar-refractivity contribution in [2.75, 3.05) is 5.32 Å². The van der Waals surface area contributed by atoms with E-state index in [4.69, 9.17) is 0 Å². The van der Waals surface area contributed by atoms with Crippen LogP contribution in [0.15, 0.2) is 60.7 Å². The summed E-state index contributed by atoms with van der Waals surface area (Å²) < 4.78 is 0. The van der Waals surface area contributed by atoms with Crippen LogP contribution in [0, 0.1) is 13.8 Å². The molecule has 0 radical (unpaired) electrons. The second kappa shape index (κ2) is 7.71. The molecule has 0 aliphatic carbocycles. The van der Waals surface area contributed by atoms with Crippen LogP contribution in [0.2, 0.25) is 0 Å². The Bertz CT molecular complexity index is 932. The van der Waals surface area contributed by atoms with E-state index in [2.05, 4.69) is 54.0 Å². The van der Waals surface area contributed by atoms with Gasteiger partial charge in [0.1, 0.15) is 0 Å². The van der Waals surface area contributed by atoms with Crippen molar-refractivity contribution in [2.24, 2.45) is 0 Å². The van der Waals surface area contributed by atoms with Gasteiger partial charge in [0.15, 0.2) is 0 Å². The van der Waals surface area contributed by atoms with Gasteiger partial charge in [0, 0.05) is 11.7 Å². The topological polar surface area (TPSA) is 41.1 Å². The molecule has 3 rings (SSSR count). The second-order valence-electron chi connectivity index (χ2n) is 7.02. The van der Waals surface area contributed by atoms with Crippen LogP contribution in [0.5, 0.6) is 0 Å². The summed E-state index contributed by atoms with van der Waals surface area (Å²) in [5.74, 6) is -0.0219. The lowest BCUT2D eigenvalue weighted by Crippen LogP contribution is -2.39. The molecule has 3 heteroatoms. The highest BCUT2D eigenvalue weighted by Gasteiger charge is 2.17. The predicted octanol–water partition coefficient (Wildman–Crippen LogP) is 5.13. The first-order chi connectivity index (χ1) is 12.4. The van der Waals surface area contributed by atoms with Gasteiger partial charge in [-0.15, -0.1) is 0 Å². The van der Waals surface area contributed by atoms with Crippen LogP contribution in [-0.2, 0) is 4.79 Å². The Kier molecular flexibility index (Phi) is 5.38.